The van der Waals surface area contributed by atoms with E-state index < -0.39 is 5.97 Å². The molecule has 3 nitrogen and oxygen atoms in total. The van der Waals surface area contributed by atoms with Gasteiger partial charge in [-0.2, -0.15) is 0 Å². The molecule has 0 fully saturated rings. The second-order valence-corrected chi connectivity index (χ2v) is 3.22. The molecule has 1 aromatic carbocycles. The van der Waals surface area contributed by atoms with Crippen molar-refractivity contribution < 1.29 is 46.0 Å². The van der Waals surface area contributed by atoms with Crippen molar-refractivity contribution in [1.29, 1.82) is 0 Å². The molecule has 0 aromatic heterocycles. The van der Waals surface area contributed by atoms with Crippen molar-refractivity contribution in [2.24, 2.45) is 0 Å². The fourth-order valence-corrected chi connectivity index (χ4v) is 1.33. The summed E-state index contributed by atoms with van der Waals surface area (Å²) in [6, 6.07) is 4.83. The number of unbranched alkanes of at least 4 members (excludes halogenated alkanes) is 1. The van der Waals surface area contributed by atoms with Gasteiger partial charge in [-0.15, -0.1) is 0 Å². The van der Waals surface area contributed by atoms with Gasteiger partial charge >= 0.3 is 35.5 Å². The molecule has 15 heavy (non-hydrogen) atoms. The molecule has 0 saturated carbocycles. The summed E-state index contributed by atoms with van der Waals surface area (Å²) < 4.78 is 0. The van der Waals surface area contributed by atoms with Gasteiger partial charge in [0.25, 0.3) is 0 Å². The maximum Gasteiger partial charge on any atom is 1.00 e. The van der Waals surface area contributed by atoms with Gasteiger partial charge < -0.3 is 11.6 Å². The topological polar surface area (TPSA) is 57.5 Å². The summed E-state index contributed by atoms with van der Waals surface area (Å²) in [4.78, 5) is 10.7. The Hall–Kier alpha value is -0.510. The molecule has 2 N–H and O–H groups in total. The van der Waals surface area contributed by atoms with E-state index in [2.05, 4.69) is 6.92 Å². The fourth-order valence-electron chi connectivity index (χ4n) is 1.33. The average Bonchev–Trinajstić information content (AvgIpc) is 2.16. The maximum atomic E-state index is 10.7. The number of carboxylic acids is 1. The Bertz CT molecular complexity index is 342. The minimum Gasteiger partial charge on any atom is -1.00 e. The Morgan fingerprint density at radius 3 is 2.67 bits per heavy atom. The van der Waals surface area contributed by atoms with Crippen LogP contribution in [0.4, 0.5) is 0 Å². The van der Waals surface area contributed by atoms with Gasteiger partial charge in [0.1, 0.15) is 11.3 Å². The smallest absolute Gasteiger partial charge is 1.00 e. The molecule has 0 aliphatic carbocycles. The van der Waals surface area contributed by atoms with Crippen LogP contribution in [0.2, 0.25) is 0 Å². The molecule has 0 bridgehead atoms. The van der Waals surface area contributed by atoms with Gasteiger partial charge in [0.05, 0.1) is 0 Å². The number of hydrogen-bond acceptors (Lipinski definition) is 2. The van der Waals surface area contributed by atoms with Crippen LogP contribution in [-0.2, 0) is 6.42 Å². The van der Waals surface area contributed by atoms with Crippen LogP contribution in [0.3, 0.4) is 0 Å². The van der Waals surface area contributed by atoms with Crippen molar-refractivity contribution in [3.05, 3.63) is 29.3 Å². The molecule has 4 heteroatoms. The monoisotopic (exact) mass is 218 g/mol. The zero-order valence-corrected chi connectivity index (χ0v) is 11.2. The molecule has 1 aromatic rings. The molecule has 0 saturated heterocycles. The first-order valence-electron chi connectivity index (χ1n) is 4.71. The fraction of sp³-hybridized carbons (Fsp3) is 0.364. The molecule has 0 atom stereocenters. The number of carboxylic acid groups (broad SMARTS) is 1. The van der Waals surface area contributed by atoms with Crippen LogP contribution < -0.4 is 29.6 Å². The zero-order chi connectivity index (χ0) is 10.6. The first kappa shape index (κ1) is 14.5. The van der Waals surface area contributed by atoms with Gasteiger partial charge in [-0.3, -0.25) is 0 Å². The van der Waals surface area contributed by atoms with E-state index in [0.29, 0.717) is 5.56 Å². The van der Waals surface area contributed by atoms with Crippen molar-refractivity contribution in [3.63, 3.8) is 0 Å². The van der Waals surface area contributed by atoms with Crippen LogP contribution in [0.15, 0.2) is 18.2 Å². The quantitative estimate of drug-likeness (QED) is 0.673. The van der Waals surface area contributed by atoms with Crippen molar-refractivity contribution >= 4 is 5.97 Å². The molecule has 0 radical (unpaired) electrons. The number of hydrogen-bond donors (Lipinski definition) is 2. The third-order valence-corrected chi connectivity index (χ3v) is 2.15. The minimum atomic E-state index is -1.08. The van der Waals surface area contributed by atoms with Gasteiger partial charge in [0.2, 0.25) is 0 Å². The second-order valence-electron chi connectivity index (χ2n) is 3.22. The van der Waals surface area contributed by atoms with Gasteiger partial charge in [0.15, 0.2) is 0 Å². The van der Waals surface area contributed by atoms with Crippen molar-refractivity contribution in [2.75, 3.05) is 0 Å². The number of para-hydroxylation sites is 1. The molecule has 0 aliphatic heterocycles. The van der Waals surface area contributed by atoms with E-state index in [1.165, 1.54) is 6.07 Å². The normalized spacial score (nSPS) is 9.40. The molecular weight excluding hydrogens is 203 g/mol. The molecular formula is C11H15NaO3. The number of carbonyl (C=O) groups is 1. The molecule has 0 spiro atoms. The number of aromatic hydroxyl groups is 1. The van der Waals surface area contributed by atoms with Gasteiger partial charge in [-0.05, 0) is 24.5 Å². The van der Waals surface area contributed by atoms with Crippen LogP contribution in [0.1, 0.15) is 37.1 Å². The third-order valence-electron chi connectivity index (χ3n) is 2.15. The van der Waals surface area contributed by atoms with E-state index in [1.54, 1.807) is 12.1 Å². The zero-order valence-electron chi connectivity index (χ0n) is 10.2. The predicted molar refractivity (Wildman–Crippen MR) is 54.8 cm³/mol. The molecule has 0 unspecified atom stereocenters. The standard InChI is InChI=1S/C11H14O3.Na.H/c1-2-3-5-8-6-4-7-9(10(8)12)11(13)14;;/h4,6-7,12H,2-3,5H2,1H3,(H,13,14);;/q;+1;-1. The largest absolute Gasteiger partial charge is 1.00 e. The van der Waals surface area contributed by atoms with Crippen LogP contribution in [-0.4, -0.2) is 16.2 Å². The third kappa shape index (κ3) is 3.86. The summed E-state index contributed by atoms with van der Waals surface area (Å²) in [6.07, 6.45) is 2.71. The Morgan fingerprint density at radius 2 is 2.13 bits per heavy atom. The van der Waals surface area contributed by atoms with Crippen molar-refractivity contribution in [3.8, 4) is 5.75 Å². The summed E-state index contributed by atoms with van der Waals surface area (Å²) in [5.41, 5.74) is 0.699. The van der Waals surface area contributed by atoms with Crippen LogP contribution in [0.5, 0.6) is 5.75 Å². The van der Waals surface area contributed by atoms with Crippen LogP contribution in [0.25, 0.3) is 0 Å². The average molecular weight is 218 g/mol. The second kappa shape index (κ2) is 6.88. The van der Waals surface area contributed by atoms with Crippen LogP contribution >= 0.6 is 0 Å². The van der Waals surface area contributed by atoms with E-state index in [0.717, 1.165) is 19.3 Å². The number of aromatic carboxylic acids is 1. The summed E-state index contributed by atoms with van der Waals surface area (Å²) in [5, 5.41) is 18.4. The summed E-state index contributed by atoms with van der Waals surface area (Å²) in [7, 11) is 0. The van der Waals surface area contributed by atoms with E-state index in [1.807, 2.05) is 0 Å². The van der Waals surface area contributed by atoms with Crippen molar-refractivity contribution in [1.82, 2.24) is 0 Å². The van der Waals surface area contributed by atoms with E-state index in [9.17, 15) is 9.90 Å². The SMILES string of the molecule is CCCCc1cccc(C(=O)O)c1O.[H-].[Na+]. The van der Waals surface area contributed by atoms with E-state index >= 15 is 0 Å². The molecule has 0 aliphatic rings. The summed E-state index contributed by atoms with van der Waals surface area (Å²) >= 11 is 0. The summed E-state index contributed by atoms with van der Waals surface area (Å²) in [5.74, 6) is -1.17. The molecule has 78 valence electrons. The first-order chi connectivity index (χ1) is 6.66. The van der Waals surface area contributed by atoms with E-state index in [4.69, 9.17) is 5.11 Å². The Labute approximate surface area is 113 Å². The van der Waals surface area contributed by atoms with E-state index in [-0.39, 0.29) is 42.3 Å². The van der Waals surface area contributed by atoms with Gasteiger partial charge in [0, 0.05) is 0 Å². The number of benzene rings is 1. The molecule has 1 rings (SSSR count). The number of rotatable bonds is 4. The molecule has 0 heterocycles. The molecule has 0 amide bonds. The van der Waals surface area contributed by atoms with Crippen LogP contribution in [0, 0.1) is 0 Å². The number of aryl methyl sites for hydroxylation is 1. The van der Waals surface area contributed by atoms with Crippen molar-refractivity contribution in [2.45, 2.75) is 26.2 Å². The first-order valence-corrected chi connectivity index (χ1v) is 4.71. The number of phenols is 1. The Kier molecular flexibility index (Phi) is 6.65. The van der Waals surface area contributed by atoms with Gasteiger partial charge in [-0.25, -0.2) is 4.79 Å². The predicted octanol–water partition coefficient (Wildman–Crippen LogP) is -0.450. The Morgan fingerprint density at radius 1 is 1.47 bits per heavy atom. The minimum absolute atomic E-state index is 0. The van der Waals surface area contributed by atoms with Gasteiger partial charge in [-0.1, -0.05) is 25.5 Å². The maximum absolute atomic E-state index is 10.7. The Balaban J connectivity index is 0. The summed E-state index contributed by atoms with van der Waals surface area (Å²) in [6.45, 7) is 2.05.